The number of carbonyl (C=O) groups excluding carboxylic acids is 5. The average Bonchev–Trinajstić information content (AvgIpc) is 3.63. The molecule has 61 heavy (non-hydrogen) atoms. The highest BCUT2D eigenvalue weighted by molar-refractivity contribution is 6.15. The van der Waals surface area contributed by atoms with Crippen molar-refractivity contribution in [2.75, 3.05) is 26.4 Å². The average molecular weight is 825 g/mol. The standard InChI is InChI=1S/C51H52O10/c1-3-47(52)59-33-11-7-5-9-31-57-44-27-21-40(22-28-44)49(54)39-17-13-37(14-18-39)35-42-19-20-43(50(42)55)36-38-15-25-46(26-16-38)61-51(56)41-23-29-45(30-24-41)58-32-10-6-8-12-34-60-48(53)4-2/h3-4,13-18,21-30,35-36H,1-2,5-12,19-20,31-34H2/b42-35+,43-36+. The number of esters is 3. The molecule has 4 aromatic carbocycles. The van der Waals surface area contributed by atoms with E-state index in [0.717, 1.165) is 74.6 Å². The number of hydrogen-bond donors (Lipinski definition) is 0. The van der Waals surface area contributed by atoms with E-state index >= 15 is 0 Å². The molecule has 0 amide bonds. The summed E-state index contributed by atoms with van der Waals surface area (Å²) in [7, 11) is 0. The second kappa shape index (κ2) is 24.3. The summed E-state index contributed by atoms with van der Waals surface area (Å²) >= 11 is 0. The molecule has 0 heterocycles. The van der Waals surface area contributed by atoms with E-state index in [1.54, 1.807) is 72.8 Å². The maximum Gasteiger partial charge on any atom is 0.343 e. The van der Waals surface area contributed by atoms with Gasteiger partial charge >= 0.3 is 17.9 Å². The van der Waals surface area contributed by atoms with Crippen LogP contribution in [0.3, 0.4) is 0 Å². The Hall–Kier alpha value is -6.81. The topological polar surface area (TPSA) is 132 Å². The Morgan fingerprint density at radius 1 is 0.475 bits per heavy atom. The van der Waals surface area contributed by atoms with Gasteiger partial charge in [-0.15, -0.1) is 0 Å². The highest BCUT2D eigenvalue weighted by atomic mass is 16.5. The van der Waals surface area contributed by atoms with Crippen LogP contribution in [0.1, 0.15) is 102 Å². The maximum absolute atomic E-state index is 13.3. The molecule has 5 rings (SSSR count). The van der Waals surface area contributed by atoms with E-state index in [4.69, 9.17) is 23.7 Å². The van der Waals surface area contributed by atoms with Crippen molar-refractivity contribution in [2.24, 2.45) is 0 Å². The molecule has 0 aromatic heterocycles. The van der Waals surface area contributed by atoms with Gasteiger partial charge in [0.1, 0.15) is 17.2 Å². The number of carbonyl (C=O) groups is 5. The Balaban J connectivity index is 1.02. The lowest BCUT2D eigenvalue weighted by molar-refractivity contribution is -0.138. The van der Waals surface area contributed by atoms with Crippen LogP contribution in [-0.4, -0.2) is 55.9 Å². The first-order chi connectivity index (χ1) is 29.7. The van der Waals surface area contributed by atoms with Gasteiger partial charge in [0.25, 0.3) is 0 Å². The van der Waals surface area contributed by atoms with Crippen molar-refractivity contribution in [2.45, 2.75) is 64.2 Å². The van der Waals surface area contributed by atoms with Crippen LogP contribution in [0.5, 0.6) is 17.2 Å². The fourth-order valence-electron chi connectivity index (χ4n) is 6.42. The molecule has 4 aromatic rings. The Kier molecular flexibility index (Phi) is 18.0. The van der Waals surface area contributed by atoms with Gasteiger partial charge in [-0.3, -0.25) is 9.59 Å². The summed E-state index contributed by atoms with van der Waals surface area (Å²) in [6.45, 7) is 8.62. The summed E-state index contributed by atoms with van der Waals surface area (Å²) in [4.78, 5) is 61.4. The van der Waals surface area contributed by atoms with E-state index in [1.807, 2.05) is 36.4 Å². The van der Waals surface area contributed by atoms with Gasteiger partial charge in [0.2, 0.25) is 0 Å². The largest absolute Gasteiger partial charge is 0.494 e. The second-order valence-corrected chi connectivity index (χ2v) is 14.4. The quantitative estimate of drug-likeness (QED) is 0.0221. The zero-order chi connectivity index (χ0) is 43.2. The van der Waals surface area contributed by atoms with Gasteiger partial charge < -0.3 is 23.7 Å². The third-order valence-electron chi connectivity index (χ3n) is 9.84. The second-order valence-electron chi connectivity index (χ2n) is 14.4. The normalized spacial score (nSPS) is 13.4. The van der Waals surface area contributed by atoms with Crippen LogP contribution in [0.15, 0.2) is 134 Å². The van der Waals surface area contributed by atoms with Crippen LogP contribution in [0.25, 0.3) is 12.2 Å². The van der Waals surface area contributed by atoms with Gasteiger partial charge in [-0.2, -0.15) is 0 Å². The predicted octanol–water partition coefficient (Wildman–Crippen LogP) is 10.3. The van der Waals surface area contributed by atoms with Crippen molar-refractivity contribution < 1.29 is 47.7 Å². The summed E-state index contributed by atoms with van der Waals surface area (Å²) in [6.07, 6.45) is 14.4. The molecule has 0 spiro atoms. The van der Waals surface area contributed by atoms with Crippen LogP contribution in [0.2, 0.25) is 0 Å². The first-order valence-corrected chi connectivity index (χ1v) is 20.7. The third kappa shape index (κ3) is 15.1. The number of unbranched alkanes of at least 4 members (excludes halogenated alkanes) is 6. The lowest BCUT2D eigenvalue weighted by Crippen LogP contribution is -2.08. The highest BCUT2D eigenvalue weighted by Gasteiger charge is 2.23. The molecular weight excluding hydrogens is 773 g/mol. The lowest BCUT2D eigenvalue weighted by atomic mass is 10.0. The molecule has 0 unspecified atom stereocenters. The fraction of sp³-hybridized carbons (Fsp3) is 0.275. The summed E-state index contributed by atoms with van der Waals surface area (Å²) in [5, 5.41) is 0. The number of rotatable bonds is 24. The zero-order valence-corrected chi connectivity index (χ0v) is 34.4. The molecule has 10 heteroatoms. The predicted molar refractivity (Wildman–Crippen MR) is 235 cm³/mol. The van der Waals surface area contributed by atoms with Crippen molar-refractivity contribution in [3.63, 3.8) is 0 Å². The molecule has 10 nitrogen and oxygen atoms in total. The van der Waals surface area contributed by atoms with Gasteiger partial charge in [-0.05, 0) is 148 Å². The monoisotopic (exact) mass is 824 g/mol. The molecule has 0 N–H and O–H groups in total. The van der Waals surface area contributed by atoms with Crippen LogP contribution in [0, 0.1) is 0 Å². The Labute approximate surface area is 357 Å². The Bertz CT molecular complexity index is 2180. The number of ether oxygens (including phenoxy) is 5. The van der Waals surface area contributed by atoms with Crippen molar-refractivity contribution in [1.29, 1.82) is 0 Å². The Morgan fingerprint density at radius 3 is 1.30 bits per heavy atom. The van der Waals surface area contributed by atoms with E-state index in [2.05, 4.69) is 13.2 Å². The molecule has 0 saturated heterocycles. The van der Waals surface area contributed by atoms with Crippen molar-refractivity contribution in [3.8, 4) is 17.2 Å². The van der Waals surface area contributed by atoms with Crippen molar-refractivity contribution in [3.05, 3.63) is 161 Å². The lowest BCUT2D eigenvalue weighted by Gasteiger charge is -2.08. The fourth-order valence-corrected chi connectivity index (χ4v) is 6.42. The zero-order valence-electron chi connectivity index (χ0n) is 34.4. The number of Topliss-reactive ketones (excluding diaryl/α,β-unsaturated/α-hetero) is 1. The van der Waals surface area contributed by atoms with Gasteiger partial charge in [-0.1, -0.05) is 49.6 Å². The number of ketones is 2. The molecule has 0 aliphatic heterocycles. The summed E-state index contributed by atoms with van der Waals surface area (Å²) in [6, 6.07) is 28.1. The molecule has 1 aliphatic carbocycles. The minimum Gasteiger partial charge on any atom is -0.494 e. The van der Waals surface area contributed by atoms with Gasteiger partial charge in [0.15, 0.2) is 11.6 Å². The highest BCUT2D eigenvalue weighted by Crippen LogP contribution is 2.30. The summed E-state index contributed by atoms with van der Waals surface area (Å²) in [5.74, 6) is 0.329. The molecule has 1 fully saturated rings. The van der Waals surface area contributed by atoms with Crippen LogP contribution >= 0.6 is 0 Å². The van der Waals surface area contributed by atoms with E-state index in [-0.39, 0.29) is 11.6 Å². The van der Waals surface area contributed by atoms with Gasteiger partial charge in [-0.25, -0.2) is 14.4 Å². The molecular formula is C51H52O10. The summed E-state index contributed by atoms with van der Waals surface area (Å²) in [5.41, 5.74) is 4.56. The van der Waals surface area contributed by atoms with Crippen LogP contribution in [0.4, 0.5) is 0 Å². The molecule has 0 radical (unpaired) electrons. The van der Waals surface area contributed by atoms with E-state index in [9.17, 15) is 24.0 Å². The maximum atomic E-state index is 13.3. The molecule has 1 aliphatic rings. The first kappa shape index (κ1) is 45.3. The van der Waals surface area contributed by atoms with Gasteiger partial charge in [0, 0.05) is 34.4 Å². The van der Waals surface area contributed by atoms with Gasteiger partial charge in [0.05, 0.1) is 32.0 Å². The molecule has 0 bridgehead atoms. The van der Waals surface area contributed by atoms with E-state index < -0.39 is 17.9 Å². The van der Waals surface area contributed by atoms with E-state index in [0.29, 0.717) is 84.4 Å². The molecule has 0 atom stereocenters. The number of hydrogen-bond acceptors (Lipinski definition) is 10. The third-order valence-corrected chi connectivity index (χ3v) is 9.84. The number of benzene rings is 4. The molecule has 316 valence electrons. The Morgan fingerprint density at radius 2 is 0.852 bits per heavy atom. The van der Waals surface area contributed by atoms with Crippen molar-refractivity contribution in [1.82, 2.24) is 0 Å². The summed E-state index contributed by atoms with van der Waals surface area (Å²) < 4.78 is 27.1. The number of allylic oxidation sites excluding steroid dienone is 2. The van der Waals surface area contributed by atoms with E-state index in [1.165, 1.54) is 0 Å². The smallest absolute Gasteiger partial charge is 0.343 e. The first-order valence-electron chi connectivity index (χ1n) is 20.7. The molecule has 1 saturated carbocycles. The van der Waals surface area contributed by atoms with Crippen molar-refractivity contribution >= 4 is 41.6 Å². The van der Waals surface area contributed by atoms with Crippen LogP contribution in [-0.2, 0) is 23.9 Å². The van der Waals surface area contributed by atoms with Crippen LogP contribution < -0.4 is 14.2 Å². The SMILES string of the molecule is C=CC(=O)OCCCCCCOc1ccc(C(=O)Oc2ccc(/C=C3\CC/C(=C\c4ccc(C(=O)c5ccc(OCCCCCCOC(=O)C=C)cc5)cc4)C3=O)cc2)cc1. The minimum absolute atomic E-state index is 0.0133. The minimum atomic E-state index is -0.490.